The fourth-order valence-electron chi connectivity index (χ4n) is 3.86. The number of nitrogens with zero attached hydrogens (tertiary/aromatic N) is 1. The SMILES string of the molecule is COC(=O)c1c(NC(=O)COc2cccc(C)c2)sc2c1CCN(Cc1ccccc1)C2. The molecule has 0 unspecified atom stereocenters. The van der Waals surface area contributed by atoms with Crippen LogP contribution in [0.15, 0.2) is 54.6 Å². The lowest BCUT2D eigenvalue weighted by molar-refractivity contribution is -0.118. The first kappa shape index (κ1) is 22.0. The highest BCUT2D eigenvalue weighted by atomic mass is 32.1. The van der Waals surface area contributed by atoms with Crippen molar-refractivity contribution in [1.82, 2.24) is 4.90 Å². The van der Waals surface area contributed by atoms with Crippen LogP contribution in [0.25, 0.3) is 0 Å². The Morgan fingerprint density at radius 1 is 1.12 bits per heavy atom. The van der Waals surface area contributed by atoms with Crippen LogP contribution < -0.4 is 10.1 Å². The number of hydrogen-bond acceptors (Lipinski definition) is 6. The number of anilines is 1. The number of methoxy groups -OCH3 is 1. The third-order valence-electron chi connectivity index (χ3n) is 5.39. The van der Waals surface area contributed by atoms with E-state index in [0.29, 0.717) is 16.3 Å². The third kappa shape index (κ3) is 5.18. The second-order valence-electron chi connectivity index (χ2n) is 7.80. The molecule has 32 heavy (non-hydrogen) atoms. The number of rotatable bonds is 7. The molecule has 2 heterocycles. The maximum atomic E-state index is 12.6. The first-order valence-corrected chi connectivity index (χ1v) is 11.3. The van der Waals surface area contributed by atoms with Gasteiger partial charge in [-0.2, -0.15) is 0 Å². The predicted molar refractivity (Wildman–Crippen MR) is 125 cm³/mol. The van der Waals surface area contributed by atoms with Gasteiger partial charge in [-0.15, -0.1) is 11.3 Å². The van der Waals surface area contributed by atoms with Gasteiger partial charge in [0.25, 0.3) is 5.91 Å². The van der Waals surface area contributed by atoms with Gasteiger partial charge in [-0.25, -0.2) is 4.79 Å². The molecule has 3 aromatic rings. The van der Waals surface area contributed by atoms with Crippen LogP contribution in [-0.2, 0) is 29.0 Å². The van der Waals surface area contributed by atoms with E-state index in [9.17, 15) is 9.59 Å². The monoisotopic (exact) mass is 450 g/mol. The summed E-state index contributed by atoms with van der Waals surface area (Å²) < 4.78 is 10.6. The van der Waals surface area contributed by atoms with Gasteiger partial charge in [-0.05, 0) is 42.2 Å². The number of amides is 1. The molecule has 1 amide bonds. The largest absolute Gasteiger partial charge is 0.484 e. The highest BCUT2D eigenvalue weighted by Crippen LogP contribution is 2.38. The number of aryl methyl sites for hydroxylation is 1. The van der Waals surface area contributed by atoms with E-state index in [1.807, 2.05) is 49.4 Å². The summed E-state index contributed by atoms with van der Waals surface area (Å²) in [4.78, 5) is 28.5. The maximum absolute atomic E-state index is 12.6. The molecular formula is C25H26N2O4S. The molecule has 1 N–H and O–H groups in total. The van der Waals surface area contributed by atoms with Crippen LogP contribution in [-0.4, -0.2) is 37.0 Å². The second kappa shape index (κ2) is 9.97. The minimum atomic E-state index is -0.422. The molecule has 1 aromatic heterocycles. The first-order valence-electron chi connectivity index (χ1n) is 10.5. The van der Waals surface area contributed by atoms with Crippen LogP contribution >= 0.6 is 11.3 Å². The van der Waals surface area contributed by atoms with E-state index < -0.39 is 5.97 Å². The zero-order valence-electron chi connectivity index (χ0n) is 18.2. The molecule has 0 saturated carbocycles. The number of ether oxygens (including phenoxy) is 2. The van der Waals surface area contributed by atoms with E-state index >= 15 is 0 Å². The van der Waals surface area contributed by atoms with E-state index in [1.54, 1.807) is 0 Å². The third-order valence-corrected chi connectivity index (χ3v) is 6.52. The highest BCUT2D eigenvalue weighted by Gasteiger charge is 2.29. The number of carbonyl (C=O) groups is 2. The summed E-state index contributed by atoms with van der Waals surface area (Å²) in [5, 5.41) is 3.40. The Morgan fingerprint density at radius 3 is 2.69 bits per heavy atom. The first-order chi connectivity index (χ1) is 15.5. The molecule has 4 rings (SSSR count). The van der Waals surface area contributed by atoms with Gasteiger partial charge in [0.15, 0.2) is 6.61 Å². The quantitative estimate of drug-likeness (QED) is 0.540. The molecule has 2 aromatic carbocycles. The van der Waals surface area contributed by atoms with Gasteiger partial charge in [0.1, 0.15) is 10.8 Å². The van der Waals surface area contributed by atoms with Gasteiger partial charge >= 0.3 is 5.97 Å². The summed E-state index contributed by atoms with van der Waals surface area (Å²) in [5.41, 5.74) is 3.75. The van der Waals surface area contributed by atoms with Crippen molar-refractivity contribution in [3.05, 3.63) is 81.7 Å². The summed E-state index contributed by atoms with van der Waals surface area (Å²) in [6, 6.07) is 17.9. The summed E-state index contributed by atoms with van der Waals surface area (Å²) in [6.45, 7) is 4.25. The molecular weight excluding hydrogens is 424 g/mol. The van der Waals surface area contributed by atoms with Crippen molar-refractivity contribution >= 4 is 28.2 Å². The Balaban J connectivity index is 1.47. The van der Waals surface area contributed by atoms with Gasteiger partial charge in [-0.1, -0.05) is 42.5 Å². The summed E-state index contributed by atoms with van der Waals surface area (Å²) in [7, 11) is 1.36. The van der Waals surface area contributed by atoms with E-state index in [4.69, 9.17) is 9.47 Å². The molecule has 6 nitrogen and oxygen atoms in total. The normalized spacial score (nSPS) is 13.3. The second-order valence-corrected chi connectivity index (χ2v) is 8.90. The van der Waals surface area contributed by atoms with Crippen LogP contribution in [0.3, 0.4) is 0 Å². The van der Waals surface area contributed by atoms with Gasteiger partial charge in [-0.3, -0.25) is 9.69 Å². The topological polar surface area (TPSA) is 67.9 Å². The molecule has 0 fully saturated rings. The average molecular weight is 451 g/mol. The molecule has 0 atom stereocenters. The van der Waals surface area contributed by atoms with Crippen LogP contribution in [0.1, 0.15) is 31.9 Å². The van der Waals surface area contributed by atoms with Gasteiger partial charge in [0, 0.05) is 24.5 Å². The van der Waals surface area contributed by atoms with Crippen LogP contribution in [0.4, 0.5) is 5.00 Å². The van der Waals surface area contributed by atoms with Crippen LogP contribution in [0.5, 0.6) is 5.75 Å². The zero-order valence-corrected chi connectivity index (χ0v) is 19.0. The van der Waals surface area contributed by atoms with E-state index in [-0.39, 0.29) is 12.5 Å². The zero-order chi connectivity index (χ0) is 22.5. The Hall–Kier alpha value is -3.16. The smallest absolute Gasteiger partial charge is 0.341 e. The van der Waals surface area contributed by atoms with Gasteiger partial charge in [0.05, 0.1) is 12.7 Å². The molecule has 1 aliphatic rings. The predicted octanol–water partition coefficient (Wildman–Crippen LogP) is 4.42. The molecule has 7 heteroatoms. The number of benzene rings is 2. The van der Waals surface area contributed by atoms with Crippen molar-refractivity contribution in [3.8, 4) is 5.75 Å². The molecule has 0 radical (unpaired) electrons. The summed E-state index contributed by atoms with van der Waals surface area (Å²) >= 11 is 1.44. The Kier molecular flexibility index (Phi) is 6.87. The van der Waals surface area contributed by atoms with Gasteiger partial charge in [0.2, 0.25) is 0 Å². The van der Waals surface area contributed by atoms with E-state index in [1.165, 1.54) is 24.0 Å². The van der Waals surface area contributed by atoms with Crippen molar-refractivity contribution in [3.63, 3.8) is 0 Å². The molecule has 1 aliphatic heterocycles. The molecule has 166 valence electrons. The minimum Gasteiger partial charge on any atom is -0.484 e. The van der Waals surface area contributed by atoms with Crippen molar-refractivity contribution < 1.29 is 19.1 Å². The fourth-order valence-corrected chi connectivity index (χ4v) is 5.15. The van der Waals surface area contributed by atoms with E-state index in [2.05, 4.69) is 22.3 Å². The summed E-state index contributed by atoms with van der Waals surface area (Å²) in [6.07, 6.45) is 0.735. The number of nitrogens with one attached hydrogen (secondary N) is 1. The lowest BCUT2D eigenvalue weighted by Gasteiger charge is -2.27. The van der Waals surface area contributed by atoms with E-state index in [0.717, 1.165) is 42.1 Å². The fraction of sp³-hybridized carbons (Fsp3) is 0.280. The lowest BCUT2D eigenvalue weighted by atomic mass is 10.0. The standard InChI is InChI=1S/C25H26N2O4S/c1-17-7-6-10-19(13-17)31-16-22(28)26-24-23(25(29)30-2)20-11-12-27(15-21(20)32-24)14-18-8-4-3-5-9-18/h3-10,13H,11-12,14-16H2,1-2H3,(H,26,28). The number of thiophene rings is 1. The Labute approximate surface area is 191 Å². The molecule has 0 saturated heterocycles. The Bertz CT molecular complexity index is 1110. The molecule has 0 bridgehead atoms. The number of hydrogen-bond donors (Lipinski definition) is 1. The molecule has 0 spiro atoms. The number of carbonyl (C=O) groups excluding carboxylic acids is 2. The molecule has 0 aliphatic carbocycles. The van der Waals surface area contributed by atoms with Crippen LogP contribution in [0, 0.1) is 6.92 Å². The summed E-state index contributed by atoms with van der Waals surface area (Å²) in [5.74, 6) is -0.0966. The average Bonchev–Trinajstić information content (AvgIpc) is 3.15. The van der Waals surface area contributed by atoms with Crippen molar-refractivity contribution in [2.24, 2.45) is 0 Å². The van der Waals surface area contributed by atoms with Gasteiger partial charge < -0.3 is 14.8 Å². The van der Waals surface area contributed by atoms with Crippen molar-refractivity contribution in [2.45, 2.75) is 26.4 Å². The minimum absolute atomic E-state index is 0.132. The number of fused-ring (bicyclic) bond motifs is 1. The highest BCUT2D eigenvalue weighted by molar-refractivity contribution is 7.17. The van der Waals surface area contributed by atoms with Crippen LogP contribution in [0.2, 0.25) is 0 Å². The van der Waals surface area contributed by atoms with Crippen molar-refractivity contribution in [1.29, 1.82) is 0 Å². The van der Waals surface area contributed by atoms with Crippen molar-refractivity contribution in [2.75, 3.05) is 25.6 Å². The number of esters is 1. The maximum Gasteiger partial charge on any atom is 0.341 e. The lowest BCUT2D eigenvalue weighted by Crippen LogP contribution is -2.29. The Morgan fingerprint density at radius 2 is 1.94 bits per heavy atom.